The number of fused-ring (bicyclic) bond motifs is 1. The van der Waals surface area contributed by atoms with Crippen LogP contribution in [0.2, 0.25) is 0 Å². The number of aliphatic hydroxyl groups is 1. The number of aryl methyl sites for hydroxylation is 2. The second-order valence-electron chi connectivity index (χ2n) is 3.81. The molecule has 1 aliphatic heterocycles. The fraction of sp³-hybridized carbons (Fsp3) is 0.364. The van der Waals surface area contributed by atoms with E-state index in [0.717, 1.165) is 16.7 Å². The van der Waals surface area contributed by atoms with Crippen molar-refractivity contribution in [2.75, 3.05) is 7.05 Å². The van der Waals surface area contributed by atoms with E-state index in [4.69, 9.17) is 0 Å². The van der Waals surface area contributed by atoms with Crippen LogP contribution in [-0.4, -0.2) is 23.0 Å². The molecule has 0 fully saturated rings. The van der Waals surface area contributed by atoms with Gasteiger partial charge in [-0.1, -0.05) is 6.07 Å². The Morgan fingerprint density at radius 1 is 1.29 bits per heavy atom. The van der Waals surface area contributed by atoms with Gasteiger partial charge in [-0.25, -0.2) is 0 Å². The molecule has 3 nitrogen and oxygen atoms in total. The van der Waals surface area contributed by atoms with E-state index in [1.54, 1.807) is 7.05 Å². The monoisotopic (exact) mass is 191 g/mol. The lowest BCUT2D eigenvalue weighted by Gasteiger charge is -2.13. The van der Waals surface area contributed by atoms with Crippen molar-refractivity contribution in [1.82, 2.24) is 4.90 Å². The third-order valence-corrected chi connectivity index (χ3v) is 2.86. The Balaban J connectivity index is 2.65. The van der Waals surface area contributed by atoms with Crippen molar-refractivity contribution < 1.29 is 9.90 Å². The van der Waals surface area contributed by atoms with E-state index in [1.165, 1.54) is 4.90 Å². The molecule has 1 aliphatic rings. The zero-order chi connectivity index (χ0) is 10.5. The van der Waals surface area contributed by atoms with Crippen LogP contribution in [-0.2, 0) is 0 Å². The van der Waals surface area contributed by atoms with Gasteiger partial charge in [-0.2, -0.15) is 0 Å². The minimum atomic E-state index is -0.781. The number of nitrogens with zero attached hydrogens (tertiary/aromatic N) is 1. The Hall–Kier alpha value is -1.35. The summed E-state index contributed by atoms with van der Waals surface area (Å²) in [5.41, 5.74) is 3.54. The molecule has 1 unspecified atom stereocenters. The van der Waals surface area contributed by atoms with Crippen molar-refractivity contribution in [3.05, 3.63) is 34.4 Å². The van der Waals surface area contributed by atoms with Crippen LogP contribution >= 0.6 is 0 Å². The topological polar surface area (TPSA) is 40.5 Å². The summed E-state index contributed by atoms with van der Waals surface area (Å²) in [5, 5.41) is 9.74. The van der Waals surface area contributed by atoms with Crippen LogP contribution in [0.25, 0.3) is 0 Å². The van der Waals surface area contributed by atoms with Gasteiger partial charge in [0.15, 0.2) is 6.23 Å². The molecule has 0 saturated heterocycles. The van der Waals surface area contributed by atoms with Gasteiger partial charge in [-0.05, 0) is 31.0 Å². The lowest BCUT2D eigenvalue weighted by Crippen LogP contribution is -2.22. The van der Waals surface area contributed by atoms with E-state index in [9.17, 15) is 9.90 Å². The predicted molar refractivity (Wildman–Crippen MR) is 53.0 cm³/mol. The fourth-order valence-corrected chi connectivity index (χ4v) is 1.75. The first-order valence-corrected chi connectivity index (χ1v) is 4.58. The Kier molecular flexibility index (Phi) is 1.86. The average molecular weight is 191 g/mol. The van der Waals surface area contributed by atoms with Crippen molar-refractivity contribution in [1.29, 1.82) is 0 Å². The van der Waals surface area contributed by atoms with Gasteiger partial charge in [-0.3, -0.25) is 4.79 Å². The summed E-state index contributed by atoms with van der Waals surface area (Å²) in [6.45, 7) is 3.94. The molecule has 74 valence electrons. The molecule has 0 saturated carbocycles. The molecule has 1 heterocycles. The first-order valence-electron chi connectivity index (χ1n) is 4.58. The molecule has 0 bridgehead atoms. The fourth-order valence-electron chi connectivity index (χ4n) is 1.75. The molecule has 0 aromatic heterocycles. The maximum atomic E-state index is 11.6. The number of amides is 1. The van der Waals surface area contributed by atoms with E-state index < -0.39 is 6.23 Å². The molecule has 14 heavy (non-hydrogen) atoms. The Labute approximate surface area is 83.0 Å². The van der Waals surface area contributed by atoms with E-state index in [2.05, 4.69) is 0 Å². The number of benzene rings is 1. The number of carbonyl (C=O) groups is 1. The number of hydrogen-bond donors (Lipinski definition) is 1. The maximum Gasteiger partial charge on any atom is 0.256 e. The first kappa shape index (κ1) is 9.21. The molecule has 1 N–H and O–H groups in total. The number of carbonyl (C=O) groups excluding carboxylic acids is 1. The minimum Gasteiger partial charge on any atom is -0.369 e. The Morgan fingerprint density at radius 3 is 2.50 bits per heavy atom. The van der Waals surface area contributed by atoms with Gasteiger partial charge >= 0.3 is 0 Å². The summed E-state index contributed by atoms with van der Waals surface area (Å²) < 4.78 is 0. The molecular weight excluding hydrogens is 178 g/mol. The van der Waals surface area contributed by atoms with Crippen LogP contribution in [0.15, 0.2) is 12.1 Å². The lowest BCUT2D eigenvalue weighted by molar-refractivity contribution is 0.0301. The zero-order valence-electron chi connectivity index (χ0n) is 8.53. The smallest absolute Gasteiger partial charge is 0.256 e. The van der Waals surface area contributed by atoms with E-state index >= 15 is 0 Å². The molecule has 0 aliphatic carbocycles. The highest BCUT2D eigenvalue weighted by Gasteiger charge is 2.32. The molecule has 1 aromatic carbocycles. The van der Waals surface area contributed by atoms with Crippen molar-refractivity contribution in [2.24, 2.45) is 0 Å². The van der Waals surface area contributed by atoms with Gasteiger partial charge in [0.2, 0.25) is 0 Å². The highest BCUT2D eigenvalue weighted by atomic mass is 16.3. The van der Waals surface area contributed by atoms with Gasteiger partial charge in [0.1, 0.15) is 0 Å². The number of aliphatic hydroxyl groups excluding tert-OH is 1. The van der Waals surface area contributed by atoms with Crippen molar-refractivity contribution in [3.8, 4) is 0 Å². The second-order valence-corrected chi connectivity index (χ2v) is 3.81. The SMILES string of the molecule is Cc1cc2c(cc1C)C(O)N(C)C2=O. The summed E-state index contributed by atoms with van der Waals surface area (Å²) in [6, 6.07) is 3.73. The van der Waals surface area contributed by atoms with Gasteiger partial charge in [0.05, 0.1) is 0 Å². The molecule has 1 amide bonds. The van der Waals surface area contributed by atoms with Gasteiger partial charge in [0.25, 0.3) is 5.91 Å². The summed E-state index contributed by atoms with van der Waals surface area (Å²) in [6.07, 6.45) is -0.781. The summed E-state index contributed by atoms with van der Waals surface area (Å²) >= 11 is 0. The Bertz CT molecular complexity index is 412. The van der Waals surface area contributed by atoms with Gasteiger partial charge in [0, 0.05) is 18.2 Å². The molecule has 1 aromatic rings. The van der Waals surface area contributed by atoms with Crippen LogP contribution < -0.4 is 0 Å². The van der Waals surface area contributed by atoms with E-state index in [0.29, 0.717) is 5.56 Å². The minimum absolute atomic E-state index is 0.101. The van der Waals surface area contributed by atoms with Gasteiger partial charge < -0.3 is 10.0 Å². The highest BCUT2D eigenvalue weighted by Crippen LogP contribution is 2.31. The Morgan fingerprint density at radius 2 is 1.86 bits per heavy atom. The molecular formula is C11H13NO2. The first-order chi connectivity index (χ1) is 6.52. The normalized spacial score (nSPS) is 20.1. The van der Waals surface area contributed by atoms with Crippen LogP contribution in [0.4, 0.5) is 0 Å². The predicted octanol–water partition coefficient (Wildman–Crippen LogP) is 1.38. The molecule has 3 heteroatoms. The molecule has 1 atom stereocenters. The quantitative estimate of drug-likeness (QED) is 0.673. The van der Waals surface area contributed by atoms with E-state index in [1.807, 2.05) is 26.0 Å². The summed E-state index contributed by atoms with van der Waals surface area (Å²) in [7, 11) is 1.61. The van der Waals surface area contributed by atoms with Crippen molar-refractivity contribution >= 4 is 5.91 Å². The van der Waals surface area contributed by atoms with Crippen LogP contribution in [0.1, 0.15) is 33.3 Å². The third kappa shape index (κ3) is 1.06. The number of rotatable bonds is 0. The van der Waals surface area contributed by atoms with Crippen LogP contribution in [0, 0.1) is 13.8 Å². The maximum absolute atomic E-state index is 11.6. The summed E-state index contributed by atoms with van der Waals surface area (Å²) in [4.78, 5) is 13.0. The largest absolute Gasteiger partial charge is 0.369 e. The summed E-state index contributed by atoms with van der Waals surface area (Å²) in [5.74, 6) is -0.101. The van der Waals surface area contributed by atoms with E-state index in [-0.39, 0.29) is 5.91 Å². The number of hydrogen-bond acceptors (Lipinski definition) is 2. The van der Waals surface area contributed by atoms with Crippen molar-refractivity contribution in [2.45, 2.75) is 20.1 Å². The molecule has 0 radical (unpaired) electrons. The second kappa shape index (κ2) is 2.82. The van der Waals surface area contributed by atoms with Gasteiger partial charge in [-0.15, -0.1) is 0 Å². The van der Waals surface area contributed by atoms with Crippen LogP contribution in [0.5, 0.6) is 0 Å². The van der Waals surface area contributed by atoms with Crippen molar-refractivity contribution in [3.63, 3.8) is 0 Å². The highest BCUT2D eigenvalue weighted by molar-refractivity contribution is 5.99. The zero-order valence-corrected chi connectivity index (χ0v) is 8.53. The lowest BCUT2D eigenvalue weighted by atomic mass is 10.0. The average Bonchev–Trinajstić information content (AvgIpc) is 2.34. The standard InChI is InChI=1S/C11H13NO2/c1-6-4-8-9(5-7(6)2)11(14)12(3)10(8)13/h4-5,10,13H,1-3H3. The van der Waals surface area contributed by atoms with Crippen LogP contribution in [0.3, 0.4) is 0 Å². The molecule has 2 rings (SSSR count). The molecule has 0 spiro atoms. The third-order valence-electron chi connectivity index (χ3n) is 2.86.